The van der Waals surface area contributed by atoms with E-state index < -0.39 is 23.4 Å². The second-order valence-corrected chi connectivity index (χ2v) is 7.12. The summed E-state index contributed by atoms with van der Waals surface area (Å²) in [5.74, 6) is -0.596. The largest absolute Gasteiger partial charge is 0.496 e. The molecule has 1 aliphatic heterocycles. The monoisotopic (exact) mass is 402 g/mol. The molecule has 0 bridgehead atoms. The third-order valence-electron chi connectivity index (χ3n) is 4.51. The second kappa shape index (κ2) is 6.96. The molecule has 10 heteroatoms. The van der Waals surface area contributed by atoms with E-state index in [1.165, 1.54) is 7.11 Å². The van der Waals surface area contributed by atoms with Crippen LogP contribution in [-0.2, 0) is 4.84 Å². The Morgan fingerprint density at radius 2 is 2.03 bits per heavy atom. The van der Waals surface area contributed by atoms with Gasteiger partial charge < -0.3 is 10.1 Å². The van der Waals surface area contributed by atoms with Gasteiger partial charge in [0.05, 0.1) is 24.9 Å². The molecule has 0 radical (unpaired) electrons. The van der Waals surface area contributed by atoms with Gasteiger partial charge in [0.25, 0.3) is 0 Å². The van der Waals surface area contributed by atoms with E-state index in [0.29, 0.717) is 28.4 Å². The fourth-order valence-corrected chi connectivity index (χ4v) is 3.08. The number of anilines is 1. The van der Waals surface area contributed by atoms with E-state index in [2.05, 4.69) is 25.9 Å². The molecule has 0 saturated heterocycles. The average Bonchev–Trinajstić information content (AvgIpc) is 3.25. The molecule has 29 heavy (non-hydrogen) atoms. The van der Waals surface area contributed by atoms with Gasteiger partial charge in [0.2, 0.25) is 0 Å². The molecule has 3 aromatic rings. The summed E-state index contributed by atoms with van der Waals surface area (Å²) in [4.78, 5) is 14.5. The van der Waals surface area contributed by atoms with Gasteiger partial charge in [-0.05, 0) is 32.9 Å². The predicted molar refractivity (Wildman–Crippen MR) is 103 cm³/mol. The molecule has 0 aliphatic carbocycles. The van der Waals surface area contributed by atoms with Crippen molar-refractivity contribution in [2.75, 3.05) is 12.4 Å². The summed E-state index contributed by atoms with van der Waals surface area (Å²) in [7, 11) is 1.41. The third kappa shape index (κ3) is 3.58. The van der Waals surface area contributed by atoms with Gasteiger partial charge in [-0.1, -0.05) is 0 Å². The number of methoxy groups -OCH3 is 1. The van der Waals surface area contributed by atoms with E-state index >= 15 is 0 Å². The van der Waals surface area contributed by atoms with Crippen LogP contribution in [0.3, 0.4) is 0 Å². The molecule has 8 nitrogen and oxygen atoms in total. The predicted octanol–water partition coefficient (Wildman–Crippen LogP) is 3.21. The number of hydrogen-bond acceptors (Lipinski definition) is 7. The molecular weight excluding hydrogens is 382 g/mol. The van der Waals surface area contributed by atoms with Gasteiger partial charge in [0.1, 0.15) is 11.6 Å². The van der Waals surface area contributed by atoms with Crippen LogP contribution in [0, 0.1) is 11.6 Å². The van der Waals surface area contributed by atoms with Crippen molar-refractivity contribution >= 4 is 17.3 Å². The van der Waals surface area contributed by atoms with Crippen LogP contribution in [0.4, 0.5) is 14.6 Å². The molecule has 2 N–H and O–H groups in total. The lowest BCUT2D eigenvalue weighted by atomic mass is 10.1. The first kappa shape index (κ1) is 19.1. The maximum atomic E-state index is 13.7. The van der Waals surface area contributed by atoms with E-state index in [1.807, 2.05) is 13.8 Å². The van der Waals surface area contributed by atoms with E-state index in [4.69, 9.17) is 9.57 Å². The third-order valence-corrected chi connectivity index (χ3v) is 4.51. The van der Waals surface area contributed by atoms with Crippen molar-refractivity contribution in [1.29, 1.82) is 0 Å². The smallest absolute Gasteiger partial charge is 0.182 e. The van der Waals surface area contributed by atoms with Crippen molar-refractivity contribution in [3.05, 3.63) is 53.4 Å². The van der Waals surface area contributed by atoms with Gasteiger partial charge in [-0.25, -0.2) is 33.6 Å². The van der Waals surface area contributed by atoms with Crippen LogP contribution in [0.5, 0.6) is 5.75 Å². The van der Waals surface area contributed by atoms with Crippen molar-refractivity contribution in [2.24, 2.45) is 4.99 Å². The minimum atomic E-state index is -0.962. The Bertz CT molecular complexity index is 1110. The molecule has 0 fully saturated rings. The van der Waals surface area contributed by atoms with Gasteiger partial charge in [-0.2, -0.15) is 5.10 Å². The molecular formula is C19H20F2N6O2. The number of fused-ring (bicyclic) bond motifs is 1. The highest BCUT2D eigenvalue weighted by Gasteiger charge is 2.28. The Hall–Kier alpha value is -3.27. The summed E-state index contributed by atoms with van der Waals surface area (Å²) in [5, 5.41) is 7.46. The van der Waals surface area contributed by atoms with Crippen LogP contribution in [-0.4, -0.2) is 33.3 Å². The number of nitrogens with zero attached hydrogens (tertiary/aromatic N) is 4. The summed E-state index contributed by atoms with van der Waals surface area (Å²) >= 11 is 0. The molecule has 0 spiro atoms. The number of aliphatic imine (C=N–C) groups is 1. The lowest BCUT2D eigenvalue weighted by Gasteiger charge is -2.18. The van der Waals surface area contributed by atoms with Crippen LogP contribution in [0.2, 0.25) is 0 Å². The zero-order chi connectivity index (χ0) is 20.8. The summed E-state index contributed by atoms with van der Waals surface area (Å²) in [6.07, 6.45) is 3.38. The van der Waals surface area contributed by atoms with Crippen molar-refractivity contribution in [2.45, 2.75) is 32.5 Å². The molecule has 152 valence electrons. The number of ether oxygens (including phenoxy) is 1. The van der Waals surface area contributed by atoms with Crippen molar-refractivity contribution in [1.82, 2.24) is 20.1 Å². The standard InChI is InChI=1S/C19H20F2N6O2/c1-10(11-7-13(20)14(21)8-15(11)28-4)23-16-5-6-27-18(24-16)12(9-22-27)17-25-19(2,3)29-26-17/h5-10H,1-4H3,(H,23,24)(H,25,26). The van der Waals surface area contributed by atoms with Gasteiger partial charge >= 0.3 is 0 Å². The summed E-state index contributed by atoms with van der Waals surface area (Å²) < 4.78 is 34.0. The number of hydrogen-bond donors (Lipinski definition) is 2. The highest BCUT2D eigenvalue weighted by atomic mass is 19.2. The normalized spacial score (nSPS) is 16.4. The van der Waals surface area contributed by atoms with Gasteiger partial charge in [0.15, 0.2) is 28.8 Å². The fraction of sp³-hybridized carbons (Fsp3) is 0.316. The quantitative estimate of drug-likeness (QED) is 0.682. The molecule has 1 unspecified atom stereocenters. The lowest BCUT2D eigenvalue weighted by Crippen LogP contribution is -2.23. The second-order valence-electron chi connectivity index (χ2n) is 7.12. The molecule has 0 saturated carbocycles. The van der Waals surface area contributed by atoms with Crippen LogP contribution in [0.15, 0.2) is 35.6 Å². The Morgan fingerprint density at radius 3 is 2.72 bits per heavy atom. The number of aromatic nitrogens is 3. The zero-order valence-electron chi connectivity index (χ0n) is 16.3. The molecule has 0 amide bonds. The van der Waals surface area contributed by atoms with Crippen LogP contribution < -0.4 is 15.5 Å². The summed E-state index contributed by atoms with van der Waals surface area (Å²) in [5.41, 5.74) is 3.82. The Kier molecular flexibility index (Phi) is 4.58. The van der Waals surface area contributed by atoms with E-state index in [0.717, 1.165) is 12.1 Å². The minimum Gasteiger partial charge on any atom is -0.496 e. The Balaban J connectivity index is 1.66. The lowest BCUT2D eigenvalue weighted by molar-refractivity contribution is -0.0269. The van der Waals surface area contributed by atoms with E-state index in [9.17, 15) is 8.78 Å². The number of halogens is 2. The number of nitrogens with one attached hydrogen (secondary N) is 2. The van der Waals surface area contributed by atoms with Gasteiger partial charge in [0, 0.05) is 17.8 Å². The summed E-state index contributed by atoms with van der Waals surface area (Å²) in [6, 6.07) is 3.48. The maximum absolute atomic E-state index is 13.7. The van der Waals surface area contributed by atoms with Gasteiger partial charge in [-0.3, -0.25) is 0 Å². The molecule has 1 aliphatic rings. The van der Waals surface area contributed by atoms with Crippen molar-refractivity contribution in [3.8, 4) is 5.75 Å². The fourth-order valence-electron chi connectivity index (χ4n) is 3.08. The first-order valence-electron chi connectivity index (χ1n) is 8.95. The first-order valence-corrected chi connectivity index (χ1v) is 8.95. The van der Waals surface area contributed by atoms with Gasteiger partial charge in [-0.15, -0.1) is 0 Å². The van der Waals surface area contributed by atoms with E-state index in [1.54, 1.807) is 29.9 Å². The molecule has 1 atom stereocenters. The number of amidine groups is 1. The maximum Gasteiger partial charge on any atom is 0.182 e. The zero-order valence-corrected chi connectivity index (χ0v) is 16.3. The van der Waals surface area contributed by atoms with Crippen LogP contribution >= 0.6 is 0 Å². The van der Waals surface area contributed by atoms with Crippen molar-refractivity contribution in [3.63, 3.8) is 0 Å². The highest BCUT2D eigenvalue weighted by molar-refractivity contribution is 6.03. The minimum absolute atomic E-state index is 0.249. The number of benzene rings is 1. The number of rotatable bonds is 5. The van der Waals surface area contributed by atoms with E-state index in [-0.39, 0.29) is 5.75 Å². The SMILES string of the molecule is COc1cc(F)c(F)cc1C(C)Nc1ccn2ncc(C3=NC(C)(C)ON3)c2n1. The topological polar surface area (TPSA) is 85.1 Å². The van der Waals surface area contributed by atoms with Crippen LogP contribution in [0.1, 0.15) is 37.9 Å². The summed E-state index contributed by atoms with van der Waals surface area (Å²) in [6.45, 7) is 5.46. The molecule has 4 rings (SSSR count). The molecule has 1 aromatic carbocycles. The average molecular weight is 402 g/mol. The highest BCUT2D eigenvalue weighted by Crippen LogP contribution is 2.30. The molecule has 3 heterocycles. The van der Waals surface area contributed by atoms with Crippen molar-refractivity contribution < 1.29 is 18.4 Å². The first-order chi connectivity index (χ1) is 13.8. The Morgan fingerprint density at radius 1 is 1.28 bits per heavy atom. The Labute approximate surface area is 165 Å². The van der Waals surface area contributed by atoms with Crippen LogP contribution in [0.25, 0.3) is 5.65 Å². The number of hydroxylamine groups is 1. The molecule has 2 aromatic heterocycles.